The van der Waals surface area contributed by atoms with Gasteiger partial charge in [0.25, 0.3) is 0 Å². The van der Waals surface area contributed by atoms with E-state index in [-0.39, 0.29) is 0 Å². The van der Waals surface area contributed by atoms with Crippen LogP contribution in [0.25, 0.3) is 0 Å². The molecule has 0 amide bonds. The molecule has 1 fully saturated rings. The average Bonchev–Trinajstić information content (AvgIpc) is 2.68. The van der Waals surface area contributed by atoms with E-state index in [0.29, 0.717) is 5.54 Å². The van der Waals surface area contributed by atoms with Crippen molar-refractivity contribution < 1.29 is 0 Å². The molecule has 0 saturated carbocycles. The van der Waals surface area contributed by atoms with Gasteiger partial charge in [-0.1, -0.05) is 0 Å². The summed E-state index contributed by atoms with van der Waals surface area (Å²) in [5.41, 5.74) is 0.354. The lowest BCUT2D eigenvalue weighted by atomic mass is 9.90. The van der Waals surface area contributed by atoms with Gasteiger partial charge in [-0.15, -0.1) is 11.3 Å². The summed E-state index contributed by atoms with van der Waals surface area (Å²) >= 11 is 5.36. The molecule has 0 atom stereocenters. The molecule has 0 unspecified atom stereocenters. The molecule has 0 radical (unpaired) electrons. The quantitative estimate of drug-likeness (QED) is 0.923. The second-order valence-electron chi connectivity index (χ2n) is 4.79. The van der Waals surface area contributed by atoms with Crippen molar-refractivity contribution >= 4 is 27.3 Å². The molecule has 16 heavy (non-hydrogen) atoms. The van der Waals surface area contributed by atoms with Gasteiger partial charge in [-0.05, 0) is 54.9 Å². The molecule has 90 valence electrons. The number of hydrogen-bond acceptors (Lipinski definition) is 3. The molecule has 1 aromatic heterocycles. The molecular formula is C12H19BrN2S. The zero-order valence-corrected chi connectivity index (χ0v) is 12.3. The predicted octanol–water partition coefficient (Wildman–Crippen LogP) is 3.08. The van der Waals surface area contributed by atoms with Crippen molar-refractivity contribution in [1.82, 2.24) is 10.2 Å². The van der Waals surface area contributed by atoms with Crippen LogP contribution in [0, 0.1) is 0 Å². The SMILES string of the molecule is CNC1(C)CCN(Cc2ccc(Br)s2)CC1. The number of nitrogens with one attached hydrogen (secondary N) is 1. The lowest BCUT2D eigenvalue weighted by Gasteiger charge is -2.39. The van der Waals surface area contributed by atoms with Crippen LogP contribution in [0.5, 0.6) is 0 Å². The number of thiophene rings is 1. The first-order valence-corrected chi connectivity index (χ1v) is 7.38. The van der Waals surface area contributed by atoms with Crippen molar-refractivity contribution in [2.75, 3.05) is 20.1 Å². The first-order valence-electron chi connectivity index (χ1n) is 5.77. The van der Waals surface area contributed by atoms with Gasteiger partial charge in [0.15, 0.2) is 0 Å². The van der Waals surface area contributed by atoms with E-state index in [1.165, 1.54) is 34.6 Å². The highest BCUT2D eigenvalue weighted by atomic mass is 79.9. The topological polar surface area (TPSA) is 15.3 Å². The smallest absolute Gasteiger partial charge is 0.0701 e. The van der Waals surface area contributed by atoms with Gasteiger partial charge in [-0.25, -0.2) is 0 Å². The number of piperidine rings is 1. The maximum Gasteiger partial charge on any atom is 0.0701 e. The van der Waals surface area contributed by atoms with Gasteiger partial charge in [-0.2, -0.15) is 0 Å². The Morgan fingerprint density at radius 3 is 2.62 bits per heavy atom. The van der Waals surface area contributed by atoms with Gasteiger partial charge >= 0.3 is 0 Å². The molecule has 1 aromatic rings. The normalized spacial score (nSPS) is 21.2. The van der Waals surface area contributed by atoms with Crippen LogP contribution in [-0.2, 0) is 6.54 Å². The average molecular weight is 303 g/mol. The van der Waals surface area contributed by atoms with Crippen molar-refractivity contribution in [3.05, 3.63) is 20.8 Å². The van der Waals surface area contributed by atoms with Crippen LogP contribution in [0.4, 0.5) is 0 Å². The molecule has 1 aliphatic rings. The van der Waals surface area contributed by atoms with Gasteiger partial charge in [0.2, 0.25) is 0 Å². The summed E-state index contributed by atoms with van der Waals surface area (Å²) in [4.78, 5) is 4.01. The van der Waals surface area contributed by atoms with Gasteiger partial charge in [0.05, 0.1) is 3.79 Å². The zero-order chi connectivity index (χ0) is 11.6. The van der Waals surface area contributed by atoms with Crippen LogP contribution >= 0.6 is 27.3 Å². The fourth-order valence-electron chi connectivity index (χ4n) is 2.11. The first kappa shape index (κ1) is 12.6. The van der Waals surface area contributed by atoms with Gasteiger partial charge < -0.3 is 5.32 Å². The molecule has 0 aliphatic carbocycles. The minimum atomic E-state index is 0.354. The third kappa shape index (κ3) is 3.06. The largest absolute Gasteiger partial charge is 0.314 e. The van der Waals surface area contributed by atoms with E-state index in [1.54, 1.807) is 0 Å². The lowest BCUT2D eigenvalue weighted by Crippen LogP contribution is -2.49. The van der Waals surface area contributed by atoms with Crippen molar-refractivity contribution in [3.8, 4) is 0 Å². The summed E-state index contributed by atoms with van der Waals surface area (Å²) < 4.78 is 1.24. The van der Waals surface area contributed by atoms with Gasteiger partial charge in [0, 0.05) is 30.1 Å². The number of rotatable bonds is 3. The van der Waals surface area contributed by atoms with E-state index >= 15 is 0 Å². The highest BCUT2D eigenvalue weighted by molar-refractivity contribution is 9.11. The van der Waals surface area contributed by atoms with Crippen molar-refractivity contribution in [1.29, 1.82) is 0 Å². The van der Waals surface area contributed by atoms with E-state index in [0.717, 1.165) is 6.54 Å². The van der Waals surface area contributed by atoms with E-state index in [9.17, 15) is 0 Å². The van der Waals surface area contributed by atoms with Gasteiger partial charge in [-0.3, -0.25) is 4.90 Å². The fourth-order valence-corrected chi connectivity index (χ4v) is 3.64. The van der Waals surface area contributed by atoms with Crippen molar-refractivity contribution in [2.24, 2.45) is 0 Å². The van der Waals surface area contributed by atoms with Crippen LogP contribution in [0.15, 0.2) is 15.9 Å². The molecule has 0 bridgehead atoms. The maximum absolute atomic E-state index is 3.52. The van der Waals surface area contributed by atoms with Gasteiger partial charge in [0.1, 0.15) is 0 Å². The second-order valence-corrected chi connectivity index (χ2v) is 7.34. The Kier molecular flexibility index (Phi) is 4.06. The Morgan fingerprint density at radius 1 is 1.44 bits per heavy atom. The molecule has 1 aliphatic heterocycles. The van der Waals surface area contributed by atoms with E-state index in [4.69, 9.17) is 0 Å². The van der Waals surface area contributed by atoms with Crippen molar-refractivity contribution in [3.63, 3.8) is 0 Å². The Morgan fingerprint density at radius 2 is 2.12 bits per heavy atom. The highest BCUT2D eigenvalue weighted by Gasteiger charge is 2.28. The molecule has 2 rings (SSSR count). The maximum atomic E-state index is 3.52. The summed E-state index contributed by atoms with van der Waals surface area (Å²) in [6.45, 7) is 5.84. The van der Waals surface area contributed by atoms with Crippen LogP contribution in [-0.4, -0.2) is 30.6 Å². The highest BCUT2D eigenvalue weighted by Crippen LogP contribution is 2.26. The number of likely N-dealkylation sites (tertiary alicyclic amines) is 1. The van der Waals surface area contributed by atoms with E-state index in [1.807, 2.05) is 11.3 Å². The number of hydrogen-bond donors (Lipinski definition) is 1. The summed E-state index contributed by atoms with van der Waals surface area (Å²) in [6.07, 6.45) is 2.49. The summed E-state index contributed by atoms with van der Waals surface area (Å²) in [5, 5.41) is 3.44. The molecule has 0 aromatic carbocycles. The Hall–Kier alpha value is 0.1000. The van der Waals surface area contributed by atoms with E-state index in [2.05, 4.69) is 52.3 Å². The van der Waals surface area contributed by atoms with Crippen LogP contribution in [0.3, 0.4) is 0 Å². The standard InChI is InChI=1S/C12H19BrN2S/c1-12(14-2)5-7-15(8-6-12)9-10-3-4-11(13)16-10/h3-4,14H,5-9H2,1-2H3. The van der Waals surface area contributed by atoms with Crippen LogP contribution in [0.2, 0.25) is 0 Å². The third-order valence-corrected chi connectivity index (χ3v) is 5.18. The predicted molar refractivity (Wildman–Crippen MR) is 74.0 cm³/mol. The number of nitrogens with zero attached hydrogens (tertiary/aromatic N) is 1. The fraction of sp³-hybridized carbons (Fsp3) is 0.667. The monoisotopic (exact) mass is 302 g/mol. The Balaban J connectivity index is 1.86. The van der Waals surface area contributed by atoms with Crippen molar-refractivity contribution in [2.45, 2.75) is 31.8 Å². The molecule has 2 nitrogen and oxygen atoms in total. The summed E-state index contributed by atoms with van der Waals surface area (Å²) in [5.74, 6) is 0. The Labute approximate surface area is 110 Å². The van der Waals surface area contributed by atoms with Crippen LogP contribution < -0.4 is 5.32 Å². The zero-order valence-electron chi connectivity index (χ0n) is 9.92. The lowest BCUT2D eigenvalue weighted by molar-refractivity contribution is 0.147. The van der Waals surface area contributed by atoms with Crippen LogP contribution in [0.1, 0.15) is 24.6 Å². The molecular weight excluding hydrogens is 284 g/mol. The Bertz CT molecular complexity index is 343. The molecule has 1 saturated heterocycles. The molecule has 1 N–H and O–H groups in total. The summed E-state index contributed by atoms with van der Waals surface area (Å²) in [6, 6.07) is 4.36. The second kappa shape index (κ2) is 5.17. The molecule has 0 spiro atoms. The summed E-state index contributed by atoms with van der Waals surface area (Å²) in [7, 11) is 2.08. The first-order chi connectivity index (χ1) is 7.61. The third-order valence-electron chi connectivity index (χ3n) is 3.57. The minimum Gasteiger partial charge on any atom is -0.314 e. The minimum absolute atomic E-state index is 0.354. The molecule has 4 heteroatoms. The molecule has 2 heterocycles. The van der Waals surface area contributed by atoms with E-state index < -0.39 is 0 Å². The number of halogens is 1.